The third kappa shape index (κ3) is 2.83. The molecule has 0 aliphatic rings. The van der Waals surface area contributed by atoms with Crippen LogP contribution in [0.2, 0.25) is 0 Å². The van der Waals surface area contributed by atoms with Crippen molar-refractivity contribution in [1.82, 2.24) is 0 Å². The van der Waals surface area contributed by atoms with Crippen molar-refractivity contribution in [3.8, 4) is 0 Å². The zero-order valence-electron chi connectivity index (χ0n) is 10.0. The highest BCUT2D eigenvalue weighted by atomic mass is 14.0. The number of hydrogen-bond donors (Lipinski definition) is 0. The molecule has 0 aliphatic carbocycles. The first-order chi connectivity index (χ1) is 7.70. The van der Waals surface area contributed by atoms with Crippen LogP contribution in [0.3, 0.4) is 0 Å². The van der Waals surface area contributed by atoms with E-state index in [9.17, 15) is 0 Å². The smallest absolute Gasteiger partial charge is 0.0112 e. The van der Waals surface area contributed by atoms with Crippen LogP contribution in [0, 0.1) is 0 Å². The molecule has 0 aliphatic heterocycles. The van der Waals surface area contributed by atoms with Gasteiger partial charge in [0, 0.05) is 0 Å². The van der Waals surface area contributed by atoms with Crippen molar-refractivity contribution in [2.45, 2.75) is 13.8 Å². The summed E-state index contributed by atoms with van der Waals surface area (Å²) in [7, 11) is 0. The Balaban J connectivity index is 3.65. The van der Waals surface area contributed by atoms with E-state index in [1.807, 2.05) is 32.1 Å². The third-order valence-electron chi connectivity index (χ3n) is 2.42. The van der Waals surface area contributed by atoms with Gasteiger partial charge in [-0.15, -0.1) is 0 Å². The predicted octanol–water partition coefficient (Wildman–Crippen LogP) is 2.96. The van der Waals surface area contributed by atoms with Gasteiger partial charge in [0.1, 0.15) is 0 Å². The van der Waals surface area contributed by atoms with Gasteiger partial charge in [0.05, 0.1) is 0 Å². The summed E-state index contributed by atoms with van der Waals surface area (Å²) in [6.07, 6.45) is 7.88. The molecule has 0 atom stereocenters. The van der Waals surface area contributed by atoms with Crippen LogP contribution >= 0.6 is 0 Å². The van der Waals surface area contributed by atoms with Gasteiger partial charge < -0.3 is 0 Å². The summed E-state index contributed by atoms with van der Waals surface area (Å²) in [4.78, 5) is 0. The van der Waals surface area contributed by atoms with Gasteiger partial charge in [-0.1, -0.05) is 67.3 Å². The molecular formula is C16H18. The molecule has 1 aromatic rings. The summed E-state index contributed by atoms with van der Waals surface area (Å²) in [5.41, 5.74) is 2.22. The van der Waals surface area contributed by atoms with E-state index in [4.69, 9.17) is 0 Å². The number of hydrogen-bond acceptors (Lipinski definition) is 0. The summed E-state index contributed by atoms with van der Waals surface area (Å²) >= 11 is 0. The molecule has 82 valence electrons. The largest absolute Gasteiger partial charge is 0.0991 e. The van der Waals surface area contributed by atoms with Crippen molar-refractivity contribution in [2.75, 3.05) is 0 Å². The number of rotatable bonds is 3. The highest BCUT2D eigenvalue weighted by Crippen LogP contribution is 2.07. The third-order valence-corrected chi connectivity index (χ3v) is 2.42. The SMILES string of the molecule is C=C/C=C\C(C(=C)C)=c1/ccccc1=CC. The van der Waals surface area contributed by atoms with Gasteiger partial charge in [0.15, 0.2) is 0 Å². The molecule has 0 aromatic heterocycles. The van der Waals surface area contributed by atoms with Gasteiger partial charge in [-0.25, -0.2) is 0 Å². The summed E-state index contributed by atoms with van der Waals surface area (Å²) in [5, 5.41) is 2.45. The Morgan fingerprint density at radius 1 is 1.25 bits per heavy atom. The van der Waals surface area contributed by atoms with Gasteiger partial charge in [-0.3, -0.25) is 0 Å². The van der Waals surface area contributed by atoms with Crippen LogP contribution in [-0.2, 0) is 0 Å². The average molecular weight is 210 g/mol. The lowest BCUT2D eigenvalue weighted by Crippen LogP contribution is -2.25. The Morgan fingerprint density at radius 3 is 2.50 bits per heavy atom. The molecule has 0 bridgehead atoms. The zero-order valence-corrected chi connectivity index (χ0v) is 10.0. The molecule has 1 aromatic carbocycles. The first-order valence-corrected chi connectivity index (χ1v) is 5.41. The van der Waals surface area contributed by atoms with Crippen molar-refractivity contribution in [3.05, 3.63) is 71.7 Å². The van der Waals surface area contributed by atoms with E-state index in [1.54, 1.807) is 6.08 Å². The minimum atomic E-state index is 1.06. The van der Waals surface area contributed by atoms with Crippen LogP contribution in [0.4, 0.5) is 0 Å². The summed E-state index contributed by atoms with van der Waals surface area (Å²) in [6, 6.07) is 8.33. The molecule has 16 heavy (non-hydrogen) atoms. The van der Waals surface area contributed by atoms with Gasteiger partial charge in [-0.2, -0.15) is 0 Å². The lowest BCUT2D eigenvalue weighted by Gasteiger charge is -2.01. The monoisotopic (exact) mass is 210 g/mol. The minimum Gasteiger partial charge on any atom is -0.0991 e. The summed E-state index contributed by atoms with van der Waals surface area (Å²) < 4.78 is 0. The average Bonchev–Trinajstić information content (AvgIpc) is 2.29. The Hall–Kier alpha value is -1.82. The van der Waals surface area contributed by atoms with E-state index in [-0.39, 0.29) is 0 Å². The van der Waals surface area contributed by atoms with Crippen molar-refractivity contribution in [3.63, 3.8) is 0 Å². The second-order valence-corrected chi connectivity index (χ2v) is 3.66. The topological polar surface area (TPSA) is 0 Å². The number of benzene rings is 1. The van der Waals surface area contributed by atoms with Crippen LogP contribution in [0.25, 0.3) is 11.6 Å². The highest BCUT2D eigenvalue weighted by molar-refractivity contribution is 5.71. The fraction of sp³-hybridized carbons (Fsp3) is 0.125. The van der Waals surface area contributed by atoms with Crippen LogP contribution in [0.15, 0.2) is 61.2 Å². The van der Waals surface area contributed by atoms with Crippen LogP contribution in [0.5, 0.6) is 0 Å². The molecule has 0 N–H and O–H groups in total. The van der Waals surface area contributed by atoms with Crippen LogP contribution in [-0.4, -0.2) is 0 Å². The normalized spacial score (nSPS) is 14.0. The fourth-order valence-corrected chi connectivity index (χ4v) is 1.62. The van der Waals surface area contributed by atoms with Gasteiger partial charge >= 0.3 is 0 Å². The van der Waals surface area contributed by atoms with Gasteiger partial charge in [0.2, 0.25) is 0 Å². The van der Waals surface area contributed by atoms with Crippen molar-refractivity contribution in [2.24, 2.45) is 0 Å². The highest BCUT2D eigenvalue weighted by Gasteiger charge is 1.95. The molecule has 0 amide bonds. The molecule has 0 nitrogen and oxygen atoms in total. The molecular weight excluding hydrogens is 192 g/mol. The van der Waals surface area contributed by atoms with Crippen molar-refractivity contribution >= 4 is 11.6 Å². The van der Waals surface area contributed by atoms with Gasteiger partial charge in [-0.05, 0) is 29.9 Å². The molecule has 0 radical (unpaired) electrons. The van der Waals surface area contributed by atoms with Gasteiger partial charge in [0.25, 0.3) is 0 Å². The molecule has 0 unspecified atom stereocenters. The Labute approximate surface area is 97.6 Å². The zero-order chi connectivity index (χ0) is 12.0. The fourth-order valence-electron chi connectivity index (χ4n) is 1.62. The van der Waals surface area contributed by atoms with E-state index in [2.05, 4.69) is 37.4 Å². The van der Waals surface area contributed by atoms with Crippen molar-refractivity contribution < 1.29 is 0 Å². The summed E-state index contributed by atoms with van der Waals surface area (Å²) in [5.74, 6) is 0. The minimum absolute atomic E-state index is 1.06. The molecule has 0 spiro atoms. The van der Waals surface area contributed by atoms with Crippen LogP contribution in [0.1, 0.15) is 13.8 Å². The lowest BCUT2D eigenvalue weighted by molar-refractivity contribution is 1.45. The Kier molecular flexibility index (Phi) is 4.53. The quantitative estimate of drug-likeness (QED) is 0.673. The maximum atomic E-state index is 4.02. The molecule has 1 rings (SSSR count). The maximum absolute atomic E-state index is 4.02. The molecule has 0 saturated carbocycles. The first-order valence-electron chi connectivity index (χ1n) is 5.41. The Morgan fingerprint density at radius 2 is 1.94 bits per heavy atom. The number of allylic oxidation sites excluding steroid dienone is 4. The Bertz CT molecular complexity index is 527. The van der Waals surface area contributed by atoms with E-state index < -0.39 is 0 Å². The standard InChI is InChI=1S/C16H18/c1-5-7-11-15(13(3)4)16-12-9-8-10-14(16)6-2/h5-12H,1,3H2,2,4H3/b11-7-,14-6?,16-15-. The second-order valence-electron chi connectivity index (χ2n) is 3.66. The molecule has 0 heteroatoms. The lowest BCUT2D eigenvalue weighted by atomic mass is 10.0. The van der Waals surface area contributed by atoms with E-state index in [1.165, 1.54) is 10.4 Å². The molecule has 0 heterocycles. The molecule has 0 fully saturated rings. The van der Waals surface area contributed by atoms with Crippen molar-refractivity contribution in [1.29, 1.82) is 0 Å². The maximum Gasteiger partial charge on any atom is -0.0112 e. The predicted molar refractivity (Wildman–Crippen MR) is 73.4 cm³/mol. The molecule has 0 saturated heterocycles. The summed E-state index contributed by atoms with van der Waals surface area (Å²) in [6.45, 7) is 11.8. The van der Waals surface area contributed by atoms with E-state index in [0.29, 0.717) is 0 Å². The van der Waals surface area contributed by atoms with E-state index >= 15 is 0 Å². The first kappa shape index (κ1) is 12.3. The van der Waals surface area contributed by atoms with E-state index in [0.717, 1.165) is 11.1 Å². The second kappa shape index (κ2) is 5.92. The van der Waals surface area contributed by atoms with Crippen LogP contribution < -0.4 is 10.4 Å².